The van der Waals surface area contributed by atoms with Crippen LogP contribution in [0.1, 0.15) is 25.7 Å². The van der Waals surface area contributed by atoms with Gasteiger partial charge in [0, 0.05) is 45.1 Å². The van der Waals surface area contributed by atoms with E-state index in [4.69, 9.17) is 6.42 Å². The second-order valence-electron chi connectivity index (χ2n) is 10.6. The van der Waals surface area contributed by atoms with Crippen LogP contribution in [0.15, 0.2) is 12.4 Å². The number of aromatic nitrogens is 2. The molecule has 0 bridgehead atoms. The van der Waals surface area contributed by atoms with E-state index in [1.165, 1.54) is 36.1 Å². The van der Waals surface area contributed by atoms with E-state index in [-0.39, 0.29) is 12.5 Å². The number of terminal acetylenes is 1. The van der Waals surface area contributed by atoms with Gasteiger partial charge in [-0.15, -0.1) is 12.3 Å². The number of aliphatic hydroxyl groups is 1. The number of nitro groups is 1. The first-order valence-corrected chi connectivity index (χ1v) is 12.6. The van der Waals surface area contributed by atoms with Crippen molar-refractivity contribution in [1.82, 2.24) is 14.5 Å². The summed E-state index contributed by atoms with van der Waals surface area (Å²) in [5.74, 6) is 3.31. The van der Waals surface area contributed by atoms with Crippen molar-refractivity contribution in [3.63, 3.8) is 0 Å². The normalized spacial score (nSPS) is 15.7. The standard InChI is InChI=1S/C16H34B10N4O3/c1-2-3-8-28(12-15(31)13-29-10-7-27-16(29)30(32)33)9-5-4-6-14-11-22(14)26(24(19)20)25(21)23(17)18/h1,7,10,14-15,31H,3-6,8-9,11-13,17-21H2. The number of nitrogens with zero attached hydrogens (tertiary/aromatic N) is 4. The lowest BCUT2D eigenvalue weighted by atomic mass is 8.57. The molecule has 0 radical (unpaired) electrons. The second kappa shape index (κ2) is 13.6. The molecule has 1 aromatic heterocycles. The fourth-order valence-electron chi connectivity index (χ4n) is 5.47. The van der Waals surface area contributed by atoms with E-state index in [9.17, 15) is 15.2 Å². The summed E-state index contributed by atoms with van der Waals surface area (Å²) < 4.78 is 1.39. The average molecular weight is 439 g/mol. The lowest BCUT2D eigenvalue weighted by Crippen LogP contribution is -2.63. The fraction of sp³-hybridized carbons (Fsp3) is 0.688. The van der Waals surface area contributed by atoms with Gasteiger partial charge in [-0.1, -0.05) is 30.0 Å². The van der Waals surface area contributed by atoms with Crippen molar-refractivity contribution in [3.05, 3.63) is 22.5 Å². The molecule has 166 valence electrons. The summed E-state index contributed by atoms with van der Waals surface area (Å²) in [5.41, 5.74) is 0. The molecule has 1 aliphatic rings. The van der Waals surface area contributed by atoms with Crippen molar-refractivity contribution in [2.24, 2.45) is 0 Å². The van der Waals surface area contributed by atoms with E-state index in [1.54, 1.807) is 0 Å². The van der Waals surface area contributed by atoms with Crippen LogP contribution in [0.3, 0.4) is 0 Å². The van der Waals surface area contributed by atoms with Gasteiger partial charge in [0.25, 0.3) is 0 Å². The number of unbranched alkanes of at least 4 members (excludes halogenated alkanes) is 1. The maximum absolute atomic E-state index is 11.0. The molecule has 0 spiro atoms. The monoisotopic (exact) mass is 440 g/mol. The first-order valence-electron chi connectivity index (χ1n) is 12.6. The van der Waals surface area contributed by atoms with Crippen LogP contribution in [0, 0.1) is 22.5 Å². The van der Waals surface area contributed by atoms with Gasteiger partial charge in [-0.25, -0.2) is 4.57 Å². The SMILES string of the molecule is BB(B)B(B)B(B(B)B)B1CC1CCCCN(CCC#C)CC(O)Cn1ccnc1[N+](=O)[O-]. The molecule has 1 aromatic rings. The third-order valence-corrected chi connectivity index (χ3v) is 7.50. The van der Waals surface area contributed by atoms with Gasteiger partial charge in [0.05, 0.1) is 57.9 Å². The number of imidazole rings is 1. The number of rotatable bonds is 16. The molecule has 2 heterocycles. The number of hydrogen-bond acceptors (Lipinski definition) is 5. The van der Waals surface area contributed by atoms with Crippen molar-refractivity contribution in [2.75, 3.05) is 19.6 Å². The van der Waals surface area contributed by atoms with Crippen molar-refractivity contribution in [3.8, 4) is 12.3 Å². The van der Waals surface area contributed by atoms with Crippen molar-refractivity contribution >= 4 is 76.8 Å². The Morgan fingerprint density at radius 2 is 2.06 bits per heavy atom. The zero-order valence-corrected chi connectivity index (χ0v) is 21.2. The Balaban J connectivity index is 1.77. The smallest absolute Gasteiger partial charge is 0.390 e. The molecule has 7 nitrogen and oxygen atoms in total. The highest BCUT2D eigenvalue weighted by Crippen LogP contribution is 2.43. The summed E-state index contributed by atoms with van der Waals surface area (Å²) in [7, 11) is 11.9. The Labute approximate surface area is 206 Å². The minimum Gasteiger partial charge on any atom is -0.390 e. The molecule has 0 amide bonds. The second-order valence-corrected chi connectivity index (χ2v) is 10.6. The van der Waals surface area contributed by atoms with E-state index < -0.39 is 11.0 Å². The molecule has 1 fully saturated rings. The summed E-state index contributed by atoms with van der Waals surface area (Å²) in [4.78, 5) is 16.4. The van der Waals surface area contributed by atoms with Crippen LogP contribution in [-0.2, 0) is 6.54 Å². The van der Waals surface area contributed by atoms with Gasteiger partial charge in [-0.2, -0.15) is 0 Å². The Morgan fingerprint density at radius 3 is 2.67 bits per heavy atom. The van der Waals surface area contributed by atoms with Gasteiger partial charge in [0.1, 0.15) is 12.4 Å². The van der Waals surface area contributed by atoms with Crippen molar-refractivity contribution in [2.45, 2.75) is 50.5 Å². The van der Waals surface area contributed by atoms with Crippen LogP contribution in [0.4, 0.5) is 5.95 Å². The van der Waals surface area contributed by atoms with E-state index in [2.05, 4.69) is 54.5 Å². The van der Waals surface area contributed by atoms with Gasteiger partial charge in [0.15, 0.2) is 0 Å². The molecule has 1 aliphatic heterocycles. The minimum absolute atomic E-state index is 0.150. The molecule has 1 N–H and O–H groups in total. The highest BCUT2D eigenvalue weighted by molar-refractivity contribution is 8.01. The van der Waals surface area contributed by atoms with Gasteiger partial charge < -0.3 is 15.2 Å². The molecule has 2 rings (SSSR count). The largest absolute Gasteiger partial charge is 0.434 e. The van der Waals surface area contributed by atoms with Gasteiger partial charge in [-0.05, 0) is 17.9 Å². The molecule has 33 heavy (non-hydrogen) atoms. The third kappa shape index (κ3) is 8.79. The van der Waals surface area contributed by atoms with E-state index in [0.29, 0.717) is 13.0 Å². The minimum atomic E-state index is -0.715. The molecule has 0 saturated carbocycles. The average Bonchev–Trinajstić information content (AvgIpc) is 3.32. The maximum atomic E-state index is 11.0. The van der Waals surface area contributed by atoms with Gasteiger partial charge in [-0.3, -0.25) is 4.90 Å². The predicted octanol–water partition coefficient (Wildman–Crippen LogP) is -4.53. The maximum Gasteiger partial charge on any atom is 0.434 e. The summed E-state index contributed by atoms with van der Waals surface area (Å²) in [5, 5.41) is 21.6. The fourth-order valence-corrected chi connectivity index (χ4v) is 5.47. The summed E-state index contributed by atoms with van der Waals surface area (Å²) in [6.45, 7) is 3.10. The third-order valence-electron chi connectivity index (χ3n) is 7.50. The molecule has 0 aromatic carbocycles. The van der Waals surface area contributed by atoms with E-state index >= 15 is 0 Å². The Kier molecular flexibility index (Phi) is 11.5. The zero-order chi connectivity index (χ0) is 24.5. The molecular formula is C16H34B10N4O3. The molecule has 1 saturated heterocycles. The zero-order valence-electron chi connectivity index (χ0n) is 21.2. The lowest BCUT2D eigenvalue weighted by molar-refractivity contribution is -0.397. The Hall–Kier alpha value is -1.26. The topological polar surface area (TPSA) is 84.4 Å². The van der Waals surface area contributed by atoms with Crippen molar-refractivity contribution < 1.29 is 10.0 Å². The summed E-state index contributed by atoms with van der Waals surface area (Å²) in [6.07, 6.45) is 16.3. The first-order chi connectivity index (χ1) is 15.6. The Bertz CT molecular complexity index is 795. The summed E-state index contributed by atoms with van der Waals surface area (Å²) in [6, 6.07) is 0. The van der Waals surface area contributed by atoms with Crippen LogP contribution in [0.25, 0.3) is 0 Å². The molecule has 2 atom stereocenters. The molecular weight excluding hydrogens is 404 g/mol. The predicted molar refractivity (Wildman–Crippen MR) is 159 cm³/mol. The quantitative estimate of drug-likeness (QED) is 0.0924. The Morgan fingerprint density at radius 1 is 1.33 bits per heavy atom. The molecule has 2 unspecified atom stereocenters. The van der Waals surface area contributed by atoms with Gasteiger partial charge >= 0.3 is 5.95 Å². The highest BCUT2D eigenvalue weighted by atomic mass is 16.6. The summed E-state index contributed by atoms with van der Waals surface area (Å²) >= 11 is 0. The molecule has 0 aliphatic carbocycles. The lowest BCUT2D eigenvalue weighted by Gasteiger charge is -2.25. The van der Waals surface area contributed by atoms with Crippen LogP contribution >= 0.6 is 0 Å². The van der Waals surface area contributed by atoms with Crippen LogP contribution in [-0.4, -0.2) is 121 Å². The van der Waals surface area contributed by atoms with E-state index in [0.717, 1.165) is 57.5 Å². The van der Waals surface area contributed by atoms with E-state index in [1.807, 2.05) is 0 Å². The molecule has 17 heteroatoms. The van der Waals surface area contributed by atoms with Crippen LogP contribution in [0.2, 0.25) is 12.1 Å². The van der Waals surface area contributed by atoms with Crippen LogP contribution in [0.5, 0.6) is 0 Å². The highest BCUT2D eigenvalue weighted by Gasteiger charge is 2.49. The van der Waals surface area contributed by atoms with Gasteiger partial charge in [0.2, 0.25) is 0 Å². The van der Waals surface area contributed by atoms with Crippen molar-refractivity contribution in [1.29, 1.82) is 0 Å². The number of hydrogen-bond donors (Lipinski definition) is 1. The first kappa shape index (κ1) is 28.0. The number of aliphatic hydroxyl groups excluding tert-OH is 1. The van der Waals surface area contributed by atoms with Crippen LogP contribution < -0.4 is 0 Å².